The van der Waals surface area contributed by atoms with Crippen molar-refractivity contribution in [3.63, 3.8) is 0 Å². The van der Waals surface area contributed by atoms with E-state index in [4.69, 9.17) is 0 Å². The molecule has 3 rings (SSSR count). The Balaban J connectivity index is 1.89. The Morgan fingerprint density at radius 2 is 1.70 bits per heavy atom. The third kappa shape index (κ3) is 5.35. The molecule has 11 nitrogen and oxygen atoms in total. The molecule has 14 heteroatoms. The lowest BCUT2D eigenvalue weighted by molar-refractivity contribution is -0.389. The quantitative estimate of drug-likeness (QED) is 0.159. The summed E-state index contributed by atoms with van der Waals surface area (Å²) in [5, 5.41) is 29.2. The highest BCUT2D eigenvalue weighted by Crippen LogP contribution is 2.42. The number of nitrogens with zero attached hydrogens (tertiary/aromatic N) is 5. The maximum Gasteiger partial charge on any atom is 0.333 e. The van der Waals surface area contributed by atoms with Crippen LogP contribution in [0.5, 0.6) is 0 Å². The minimum atomic E-state index is -4.79. The molecule has 0 saturated carbocycles. The number of halogens is 1. The minimum absolute atomic E-state index is 0.188. The summed E-state index contributed by atoms with van der Waals surface area (Å²) in [7, 11) is -4.79. The first-order valence-corrected chi connectivity index (χ1v) is 11.5. The number of aryl methyl sites for hydroxylation is 1. The number of nitro groups is 2. The smallest absolute Gasteiger partial charge is 0.333 e. The molecule has 33 heavy (non-hydrogen) atoms. The van der Waals surface area contributed by atoms with Gasteiger partial charge in [0.05, 0.1) is 20.4 Å². The molecular weight excluding hydrogens is 477 g/mol. The van der Waals surface area contributed by atoms with Gasteiger partial charge in [0.2, 0.25) is 5.00 Å². The largest absolute Gasteiger partial charge is 0.342 e. The van der Waals surface area contributed by atoms with Gasteiger partial charge in [0.1, 0.15) is 6.07 Å². The van der Waals surface area contributed by atoms with Crippen LogP contribution in [0.2, 0.25) is 0 Å². The van der Waals surface area contributed by atoms with E-state index in [2.05, 4.69) is 10.2 Å². The third-order valence-electron chi connectivity index (χ3n) is 4.53. The van der Waals surface area contributed by atoms with Gasteiger partial charge in [-0.2, -0.15) is 8.42 Å². The van der Waals surface area contributed by atoms with Crippen molar-refractivity contribution < 1.29 is 22.2 Å². The summed E-state index contributed by atoms with van der Waals surface area (Å²) in [6, 6.07) is 11.2. The molecule has 0 aliphatic heterocycles. The fourth-order valence-electron chi connectivity index (χ4n) is 3.04. The molecule has 0 amide bonds. The number of benzene rings is 2. The van der Waals surface area contributed by atoms with E-state index in [1.54, 1.807) is 25.1 Å². The van der Waals surface area contributed by atoms with E-state index in [0.29, 0.717) is 29.3 Å². The van der Waals surface area contributed by atoms with Crippen molar-refractivity contribution in [2.45, 2.75) is 18.7 Å². The second kappa shape index (κ2) is 9.38. The number of anilines is 2. The lowest BCUT2D eigenvalue weighted by Gasteiger charge is -2.25. The van der Waals surface area contributed by atoms with Gasteiger partial charge < -0.3 is 4.90 Å². The predicted molar refractivity (Wildman–Crippen MR) is 120 cm³/mol. The van der Waals surface area contributed by atoms with Crippen LogP contribution in [-0.2, 0) is 10.2 Å². The Kier molecular flexibility index (Phi) is 6.78. The highest BCUT2D eigenvalue weighted by molar-refractivity contribution is 7.86. The van der Waals surface area contributed by atoms with Gasteiger partial charge in [0.25, 0.3) is 0 Å². The molecule has 0 radical (unpaired) electrons. The van der Waals surface area contributed by atoms with Crippen LogP contribution in [0.15, 0.2) is 63.7 Å². The fraction of sp³-hybridized carbons (Fsp3) is 0.158. The molecular formula is C19H16FN5O6S2. The molecule has 0 bridgehead atoms. The van der Waals surface area contributed by atoms with E-state index in [1.807, 2.05) is 11.8 Å². The molecule has 1 heterocycles. The van der Waals surface area contributed by atoms with Crippen LogP contribution in [0, 0.1) is 27.2 Å². The maximum atomic E-state index is 13.1. The molecule has 0 aliphatic carbocycles. The van der Waals surface area contributed by atoms with Crippen LogP contribution >= 0.6 is 11.3 Å². The van der Waals surface area contributed by atoms with Crippen molar-refractivity contribution in [1.29, 1.82) is 0 Å². The maximum absolute atomic E-state index is 13.1. The Morgan fingerprint density at radius 3 is 2.21 bits per heavy atom. The molecule has 0 atom stereocenters. The van der Waals surface area contributed by atoms with E-state index in [9.17, 15) is 32.5 Å². The molecule has 1 aromatic heterocycles. The number of hydrogen-bond donors (Lipinski definition) is 0. The predicted octanol–water partition coefficient (Wildman–Crippen LogP) is 6.10. The Hall–Kier alpha value is -3.78. The molecule has 0 spiro atoms. The molecule has 172 valence electrons. The lowest BCUT2D eigenvalue weighted by Crippen LogP contribution is -2.17. The normalized spacial score (nSPS) is 11.6. The van der Waals surface area contributed by atoms with Crippen molar-refractivity contribution in [1.82, 2.24) is 0 Å². The summed E-state index contributed by atoms with van der Waals surface area (Å²) in [6.07, 6.45) is 0. The second-order valence-electron chi connectivity index (χ2n) is 6.64. The van der Waals surface area contributed by atoms with Gasteiger partial charge in [-0.3, -0.25) is 20.2 Å². The van der Waals surface area contributed by atoms with Crippen molar-refractivity contribution in [2.75, 3.05) is 11.4 Å². The van der Waals surface area contributed by atoms with Crippen molar-refractivity contribution >= 4 is 54.3 Å². The van der Waals surface area contributed by atoms with Gasteiger partial charge in [0.15, 0.2) is 0 Å². The third-order valence-corrected chi connectivity index (χ3v) is 6.33. The number of azo groups is 1. The van der Waals surface area contributed by atoms with Crippen molar-refractivity contribution in [2.24, 2.45) is 10.2 Å². The Morgan fingerprint density at radius 1 is 1.03 bits per heavy atom. The molecule has 3 aromatic rings. The van der Waals surface area contributed by atoms with E-state index in [1.165, 1.54) is 24.3 Å². The van der Waals surface area contributed by atoms with Crippen LogP contribution in [0.25, 0.3) is 0 Å². The van der Waals surface area contributed by atoms with Crippen LogP contribution in [0.4, 0.5) is 36.6 Å². The Labute approximate surface area is 191 Å². The average Bonchev–Trinajstić information content (AvgIpc) is 3.19. The SMILES string of the molecule is CCN(c1ccc(S(=O)(=O)F)cc1)c1ccc(N=Nc2sc([N+](=O)[O-])cc2[N+](=O)[O-])cc1C. The standard InChI is InChI=1S/C19H16FN5O6S2/c1-3-23(14-5-7-15(8-6-14)33(20,30)31)16-9-4-13(10-12(16)2)21-22-19-17(24(26)27)11-18(32-19)25(28)29/h4-11H,3H2,1-2H3. The first-order chi connectivity index (χ1) is 15.5. The monoisotopic (exact) mass is 493 g/mol. The zero-order chi connectivity index (χ0) is 24.3. The van der Waals surface area contributed by atoms with Crippen LogP contribution in [-0.4, -0.2) is 24.8 Å². The first kappa shape index (κ1) is 23.9. The van der Waals surface area contributed by atoms with Crippen LogP contribution < -0.4 is 4.90 Å². The van der Waals surface area contributed by atoms with E-state index in [-0.39, 0.29) is 5.00 Å². The first-order valence-electron chi connectivity index (χ1n) is 9.28. The summed E-state index contributed by atoms with van der Waals surface area (Å²) in [5.74, 6) is 0. The number of thiophene rings is 1. The topological polar surface area (TPSA) is 148 Å². The molecule has 0 unspecified atom stereocenters. The Bertz CT molecular complexity index is 1360. The van der Waals surface area contributed by atoms with Crippen molar-refractivity contribution in [3.05, 3.63) is 74.3 Å². The molecule has 0 aliphatic rings. The van der Waals surface area contributed by atoms with Gasteiger partial charge in [-0.15, -0.1) is 14.1 Å². The van der Waals surface area contributed by atoms with Crippen LogP contribution in [0.1, 0.15) is 12.5 Å². The van der Waals surface area contributed by atoms with Gasteiger partial charge in [-0.05, 0) is 73.2 Å². The summed E-state index contributed by atoms with van der Waals surface area (Å²) in [6.45, 7) is 4.21. The summed E-state index contributed by atoms with van der Waals surface area (Å²) >= 11 is 0.552. The summed E-state index contributed by atoms with van der Waals surface area (Å²) in [5.41, 5.74) is 2.05. The van der Waals surface area contributed by atoms with E-state index in [0.717, 1.165) is 17.3 Å². The van der Waals surface area contributed by atoms with Crippen molar-refractivity contribution in [3.8, 4) is 0 Å². The van der Waals surface area contributed by atoms with Crippen LogP contribution in [0.3, 0.4) is 0 Å². The van der Waals surface area contributed by atoms with Gasteiger partial charge in [-0.1, -0.05) is 0 Å². The molecule has 0 N–H and O–H groups in total. The molecule has 2 aromatic carbocycles. The number of rotatable bonds is 8. The van der Waals surface area contributed by atoms with E-state index >= 15 is 0 Å². The zero-order valence-electron chi connectivity index (χ0n) is 17.2. The van der Waals surface area contributed by atoms with Gasteiger partial charge >= 0.3 is 20.9 Å². The molecule has 0 fully saturated rings. The van der Waals surface area contributed by atoms with Gasteiger partial charge in [-0.25, -0.2) is 0 Å². The lowest BCUT2D eigenvalue weighted by atomic mass is 10.1. The zero-order valence-corrected chi connectivity index (χ0v) is 18.8. The second-order valence-corrected chi connectivity index (χ2v) is 8.99. The highest BCUT2D eigenvalue weighted by atomic mass is 32.3. The fourth-order valence-corrected chi connectivity index (χ4v) is 4.26. The average molecular weight is 493 g/mol. The minimum Gasteiger partial charge on any atom is -0.342 e. The molecule has 0 saturated heterocycles. The highest BCUT2D eigenvalue weighted by Gasteiger charge is 2.25. The van der Waals surface area contributed by atoms with E-state index < -0.39 is 35.7 Å². The number of hydrogen-bond acceptors (Lipinski definition) is 10. The summed E-state index contributed by atoms with van der Waals surface area (Å²) < 4.78 is 35.2. The van der Waals surface area contributed by atoms with Gasteiger partial charge in [0, 0.05) is 17.9 Å². The summed E-state index contributed by atoms with van der Waals surface area (Å²) in [4.78, 5) is 22.0.